The van der Waals surface area contributed by atoms with E-state index in [4.69, 9.17) is 0 Å². The molecule has 21 heavy (non-hydrogen) atoms. The summed E-state index contributed by atoms with van der Waals surface area (Å²) >= 11 is 1.56. The third kappa shape index (κ3) is 3.81. The van der Waals surface area contributed by atoms with E-state index in [1.54, 1.807) is 17.8 Å². The number of benzene rings is 1. The van der Waals surface area contributed by atoms with Crippen molar-refractivity contribution in [3.63, 3.8) is 0 Å². The van der Waals surface area contributed by atoms with Gasteiger partial charge in [-0.2, -0.15) is 11.8 Å². The predicted molar refractivity (Wildman–Crippen MR) is 85.2 cm³/mol. The molecule has 114 valence electrons. The molecule has 1 heterocycles. The minimum absolute atomic E-state index is 0.362. The van der Waals surface area contributed by atoms with E-state index in [1.807, 2.05) is 37.2 Å². The van der Waals surface area contributed by atoms with Crippen molar-refractivity contribution in [1.82, 2.24) is 4.90 Å². The van der Waals surface area contributed by atoms with Gasteiger partial charge < -0.3 is 20.2 Å². The van der Waals surface area contributed by atoms with Crippen LogP contribution in [0.25, 0.3) is 0 Å². The number of hydrogen-bond acceptors (Lipinski definition) is 4. The van der Waals surface area contributed by atoms with Gasteiger partial charge in [0.15, 0.2) is 0 Å². The Bertz CT molecular complexity index is 536. The number of amides is 2. The number of carbonyl (C=O) groups is 2. The summed E-state index contributed by atoms with van der Waals surface area (Å²) in [6.07, 6.45) is 0. The Balaban J connectivity index is 2.09. The summed E-state index contributed by atoms with van der Waals surface area (Å²) < 4.78 is 0. The Labute approximate surface area is 128 Å². The van der Waals surface area contributed by atoms with E-state index >= 15 is 0 Å². The zero-order valence-corrected chi connectivity index (χ0v) is 12.9. The lowest BCUT2D eigenvalue weighted by Crippen LogP contribution is -2.51. The summed E-state index contributed by atoms with van der Waals surface area (Å²) in [6, 6.07) is 6.31. The average molecular weight is 309 g/mol. The maximum absolute atomic E-state index is 12.3. The molecule has 0 aromatic heterocycles. The molecule has 0 bridgehead atoms. The van der Waals surface area contributed by atoms with Crippen LogP contribution in [0.1, 0.15) is 0 Å². The number of thioether (sulfide) groups is 1. The van der Waals surface area contributed by atoms with E-state index in [0.29, 0.717) is 18.0 Å². The number of hydrogen-bond donors (Lipinski definition) is 2. The Morgan fingerprint density at radius 3 is 2.86 bits per heavy atom. The zero-order valence-electron chi connectivity index (χ0n) is 12.1. The third-order valence-electron chi connectivity index (χ3n) is 3.29. The molecule has 1 aliphatic heterocycles. The lowest BCUT2D eigenvalue weighted by Gasteiger charge is -2.32. The molecule has 7 heteroatoms. The normalized spacial score (nSPS) is 18.2. The van der Waals surface area contributed by atoms with Crippen molar-refractivity contribution in [3.05, 3.63) is 24.3 Å². The summed E-state index contributed by atoms with van der Waals surface area (Å²) in [7, 11) is 3.84. The number of carboxylic acids is 1. The molecule has 6 nitrogen and oxygen atoms in total. The summed E-state index contributed by atoms with van der Waals surface area (Å²) in [5.74, 6) is 0.231. The Kier molecular flexibility index (Phi) is 4.95. The SMILES string of the molecule is CN(C)c1cccc(NC(=O)N2CCSCC2C(=O)O)c1. The van der Waals surface area contributed by atoms with Gasteiger partial charge in [-0.05, 0) is 18.2 Å². The number of aliphatic carboxylic acids is 1. The van der Waals surface area contributed by atoms with Crippen molar-refractivity contribution in [3.8, 4) is 0 Å². The van der Waals surface area contributed by atoms with Crippen molar-refractivity contribution in [2.75, 3.05) is 42.4 Å². The third-order valence-corrected chi connectivity index (χ3v) is 4.31. The van der Waals surface area contributed by atoms with E-state index in [0.717, 1.165) is 11.4 Å². The largest absolute Gasteiger partial charge is 0.480 e. The molecule has 1 aromatic rings. The molecule has 1 aromatic carbocycles. The van der Waals surface area contributed by atoms with E-state index in [9.17, 15) is 14.7 Å². The maximum Gasteiger partial charge on any atom is 0.327 e. The fourth-order valence-corrected chi connectivity index (χ4v) is 3.15. The summed E-state index contributed by atoms with van der Waals surface area (Å²) in [5.41, 5.74) is 1.63. The quantitative estimate of drug-likeness (QED) is 0.890. The molecule has 2 rings (SSSR count). The maximum atomic E-state index is 12.3. The first-order chi connectivity index (χ1) is 9.99. The van der Waals surface area contributed by atoms with Crippen LogP contribution in [0.2, 0.25) is 0 Å². The van der Waals surface area contributed by atoms with Crippen LogP contribution in [-0.4, -0.2) is 60.2 Å². The second kappa shape index (κ2) is 6.71. The number of rotatable bonds is 3. The van der Waals surface area contributed by atoms with Gasteiger partial charge in [-0.1, -0.05) is 6.07 Å². The smallest absolute Gasteiger partial charge is 0.327 e. The number of carboxylic acid groups (broad SMARTS) is 1. The Hall–Kier alpha value is -1.89. The first kappa shape index (κ1) is 15.5. The van der Waals surface area contributed by atoms with Crippen molar-refractivity contribution < 1.29 is 14.7 Å². The molecule has 1 aliphatic rings. The highest BCUT2D eigenvalue weighted by atomic mass is 32.2. The first-order valence-electron chi connectivity index (χ1n) is 6.64. The number of nitrogens with zero attached hydrogens (tertiary/aromatic N) is 2. The highest BCUT2D eigenvalue weighted by Gasteiger charge is 2.32. The van der Waals surface area contributed by atoms with Crippen LogP contribution in [0, 0.1) is 0 Å². The van der Waals surface area contributed by atoms with Gasteiger partial charge in [-0.15, -0.1) is 0 Å². The van der Waals surface area contributed by atoms with Gasteiger partial charge in [0.2, 0.25) is 0 Å². The summed E-state index contributed by atoms with van der Waals surface area (Å²) in [6.45, 7) is 0.445. The first-order valence-corrected chi connectivity index (χ1v) is 7.80. The van der Waals surface area contributed by atoms with Crippen molar-refractivity contribution in [2.24, 2.45) is 0 Å². The second-order valence-corrected chi connectivity index (χ2v) is 6.15. The molecule has 0 radical (unpaired) electrons. The number of nitrogens with one attached hydrogen (secondary N) is 1. The molecule has 0 spiro atoms. The molecule has 1 fully saturated rings. The molecule has 2 N–H and O–H groups in total. The molecule has 0 saturated carbocycles. The van der Waals surface area contributed by atoms with Crippen LogP contribution in [0.15, 0.2) is 24.3 Å². The van der Waals surface area contributed by atoms with Crippen LogP contribution in [-0.2, 0) is 4.79 Å². The highest BCUT2D eigenvalue weighted by molar-refractivity contribution is 7.99. The second-order valence-electron chi connectivity index (χ2n) is 5.00. The van der Waals surface area contributed by atoms with Crippen molar-refractivity contribution >= 4 is 35.1 Å². The molecule has 1 atom stereocenters. The van der Waals surface area contributed by atoms with E-state index in [1.165, 1.54) is 4.90 Å². The molecule has 1 unspecified atom stereocenters. The fraction of sp³-hybridized carbons (Fsp3) is 0.429. The lowest BCUT2D eigenvalue weighted by atomic mass is 10.2. The average Bonchev–Trinajstić information content (AvgIpc) is 2.47. The number of anilines is 2. The van der Waals surface area contributed by atoms with Gasteiger partial charge in [-0.25, -0.2) is 9.59 Å². The van der Waals surface area contributed by atoms with E-state index < -0.39 is 12.0 Å². The van der Waals surface area contributed by atoms with Crippen LogP contribution >= 0.6 is 11.8 Å². The zero-order chi connectivity index (χ0) is 15.4. The fourth-order valence-electron chi connectivity index (χ4n) is 2.11. The molecular formula is C14H19N3O3S. The van der Waals surface area contributed by atoms with Gasteiger partial charge >= 0.3 is 12.0 Å². The summed E-state index contributed by atoms with van der Waals surface area (Å²) in [4.78, 5) is 26.8. The van der Waals surface area contributed by atoms with Crippen LogP contribution in [0.4, 0.5) is 16.2 Å². The monoisotopic (exact) mass is 309 g/mol. The highest BCUT2D eigenvalue weighted by Crippen LogP contribution is 2.20. The van der Waals surface area contributed by atoms with Crippen molar-refractivity contribution in [2.45, 2.75) is 6.04 Å². The lowest BCUT2D eigenvalue weighted by molar-refractivity contribution is -0.141. The summed E-state index contributed by atoms with van der Waals surface area (Å²) in [5, 5.41) is 12.0. The van der Waals surface area contributed by atoms with Crippen LogP contribution in [0.5, 0.6) is 0 Å². The Morgan fingerprint density at radius 2 is 2.19 bits per heavy atom. The van der Waals surface area contributed by atoms with E-state index in [2.05, 4.69) is 5.32 Å². The number of urea groups is 1. The predicted octanol–water partition coefficient (Wildman–Crippen LogP) is 1.79. The van der Waals surface area contributed by atoms with Gasteiger partial charge in [-0.3, -0.25) is 0 Å². The van der Waals surface area contributed by atoms with E-state index in [-0.39, 0.29) is 6.03 Å². The topological polar surface area (TPSA) is 72.9 Å². The van der Waals surface area contributed by atoms with Crippen LogP contribution in [0.3, 0.4) is 0 Å². The van der Waals surface area contributed by atoms with Gasteiger partial charge in [0, 0.05) is 43.5 Å². The number of carbonyl (C=O) groups excluding carboxylic acids is 1. The molecule has 0 aliphatic carbocycles. The molecule has 1 saturated heterocycles. The van der Waals surface area contributed by atoms with Gasteiger partial charge in [0.1, 0.15) is 6.04 Å². The van der Waals surface area contributed by atoms with Crippen molar-refractivity contribution in [1.29, 1.82) is 0 Å². The molecular weight excluding hydrogens is 290 g/mol. The standard InChI is InChI=1S/C14H19N3O3S/c1-16(2)11-5-3-4-10(8-11)15-14(20)17-6-7-21-9-12(17)13(18)19/h3-5,8,12H,6-7,9H2,1-2H3,(H,15,20)(H,18,19). The Morgan fingerprint density at radius 1 is 1.43 bits per heavy atom. The van der Waals surface area contributed by atoms with Gasteiger partial charge in [0.25, 0.3) is 0 Å². The van der Waals surface area contributed by atoms with Gasteiger partial charge in [0.05, 0.1) is 0 Å². The minimum atomic E-state index is -0.959. The van der Waals surface area contributed by atoms with Crippen LogP contribution < -0.4 is 10.2 Å². The minimum Gasteiger partial charge on any atom is -0.480 e. The molecule has 2 amide bonds.